The highest BCUT2D eigenvalue weighted by atomic mass is 19.1. The molecule has 10 heteroatoms. The van der Waals surface area contributed by atoms with Gasteiger partial charge in [-0.2, -0.15) is 0 Å². The minimum absolute atomic E-state index is 0.0363. The van der Waals surface area contributed by atoms with Crippen molar-refractivity contribution in [3.05, 3.63) is 177 Å². The van der Waals surface area contributed by atoms with Crippen LogP contribution in [0, 0.1) is 23.5 Å². The molecule has 0 heterocycles. The second kappa shape index (κ2) is 20.3. The van der Waals surface area contributed by atoms with Gasteiger partial charge in [0.2, 0.25) is 0 Å². The first-order valence-electron chi connectivity index (χ1n) is 26.2. The third-order valence-electron chi connectivity index (χ3n) is 16.6. The minimum Gasteiger partial charge on any atom is -0.497 e. The first kappa shape index (κ1) is 49.0. The number of halogens is 2. The highest BCUT2D eigenvalue weighted by Gasteiger charge is 2.63. The summed E-state index contributed by atoms with van der Waals surface area (Å²) in [6.45, 7) is 3.07. The number of carboxylic acid groups (broad SMARTS) is 1. The molecular weight excluding hydrogens is 935 g/mol. The highest BCUT2D eigenvalue weighted by Crippen LogP contribution is 2.63. The van der Waals surface area contributed by atoms with Gasteiger partial charge in [-0.3, -0.25) is 9.59 Å². The fourth-order valence-corrected chi connectivity index (χ4v) is 12.5. The first-order chi connectivity index (χ1) is 36.0. The maximum absolute atomic E-state index is 14.9. The van der Waals surface area contributed by atoms with Gasteiger partial charge in [0.25, 0.3) is 0 Å². The molecule has 380 valence electrons. The Balaban J connectivity index is 0.000000159. The topological polar surface area (TPSA) is 101 Å². The van der Waals surface area contributed by atoms with Gasteiger partial charge < -0.3 is 28.8 Å². The zero-order valence-corrected chi connectivity index (χ0v) is 42.4. The predicted molar refractivity (Wildman–Crippen MR) is 282 cm³/mol. The van der Waals surface area contributed by atoms with Crippen LogP contribution in [-0.2, 0) is 51.2 Å². The summed E-state index contributed by atoms with van der Waals surface area (Å²) >= 11 is 0. The molecular formula is C64H62F2O8. The predicted octanol–water partition coefficient (Wildman–Crippen LogP) is 14.4. The Labute approximate surface area is 432 Å². The lowest BCUT2D eigenvalue weighted by Crippen LogP contribution is -2.15. The van der Waals surface area contributed by atoms with E-state index in [2.05, 4.69) is 42.5 Å². The number of allylic oxidation sites excluding steroid dienone is 4. The number of aryl methyl sites for hydroxylation is 2. The van der Waals surface area contributed by atoms with Gasteiger partial charge in [-0.25, -0.2) is 8.78 Å². The Morgan fingerprint density at radius 3 is 1.46 bits per heavy atom. The molecule has 0 unspecified atom stereocenters. The summed E-state index contributed by atoms with van der Waals surface area (Å²) in [7, 11) is 3.18. The van der Waals surface area contributed by atoms with E-state index in [0.29, 0.717) is 42.4 Å². The number of rotatable bonds is 15. The zero-order chi connectivity index (χ0) is 51.1. The summed E-state index contributed by atoms with van der Waals surface area (Å²) in [5.74, 6) is 1.21. The summed E-state index contributed by atoms with van der Waals surface area (Å²) in [5.41, 5.74) is 14.1. The van der Waals surface area contributed by atoms with Gasteiger partial charge >= 0.3 is 11.9 Å². The number of methoxy groups -OCH3 is 2. The van der Waals surface area contributed by atoms with Crippen molar-refractivity contribution in [3.8, 4) is 45.3 Å². The summed E-state index contributed by atoms with van der Waals surface area (Å²) in [6, 6.07) is 34.4. The Morgan fingerprint density at radius 1 is 0.554 bits per heavy atom. The fraction of sp³-hybridized carbons (Fsp3) is 0.344. The van der Waals surface area contributed by atoms with E-state index in [4.69, 9.17) is 23.7 Å². The molecule has 0 bridgehead atoms. The van der Waals surface area contributed by atoms with Crippen molar-refractivity contribution < 1.29 is 47.2 Å². The van der Waals surface area contributed by atoms with Crippen LogP contribution in [0.3, 0.4) is 0 Å². The van der Waals surface area contributed by atoms with Crippen molar-refractivity contribution in [2.45, 2.75) is 108 Å². The van der Waals surface area contributed by atoms with Crippen LogP contribution in [0.4, 0.5) is 8.78 Å². The first-order valence-corrected chi connectivity index (χ1v) is 26.2. The average Bonchev–Trinajstić information content (AvgIpc) is 3.88. The number of hydrogen-bond donors (Lipinski definition) is 1. The van der Waals surface area contributed by atoms with E-state index in [-0.39, 0.29) is 40.3 Å². The van der Waals surface area contributed by atoms with Crippen molar-refractivity contribution in [1.82, 2.24) is 0 Å². The van der Waals surface area contributed by atoms with Crippen LogP contribution < -0.4 is 18.9 Å². The van der Waals surface area contributed by atoms with Gasteiger partial charge in [-0.05, 0) is 224 Å². The molecule has 12 rings (SSSR count). The lowest BCUT2D eigenvalue weighted by molar-refractivity contribution is -0.145. The molecule has 2 saturated carbocycles. The van der Waals surface area contributed by atoms with Gasteiger partial charge in [-0.15, -0.1) is 0 Å². The number of fused-ring (bicyclic) bond motifs is 4. The smallest absolute Gasteiger partial charge is 0.309 e. The molecule has 0 amide bonds. The van der Waals surface area contributed by atoms with Gasteiger partial charge in [-0.1, -0.05) is 48.6 Å². The number of carboxylic acids is 1. The third kappa shape index (κ3) is 9.37. The molecule has 0 aliphatic heterocycles. The molecule has 2 fully saturated rings. The largest absolute Gasteiger partial charge is 0.497 e. The molecule has 6 aromatic rings. The Kier molecular flexibility index (Phi) is 13.4. The van der Waals surface area contributed by atoms with Crippen molar-refractivity contribution in [1.29, 1.82) is 0 Å². The molecule has 6 aromatic carbocycles. The number of hydrogen-bond acceptors (Lipinski definition) is 7. The molecule has 8 nitrogen and oxygen atoms in total. The summed E-state index contributed by atoms with van der Waals surface area (Å²) in [4.78, 5) is 24.0. The van der Waals surface area contributed by atoms with Gasteiger partial charge in [0, 0.05) is 22.0 Å². The molecule has 2 spiro atoms. The quantitative estimate of drug-likeness (QED) is 0.102. The Bertz CT molecular complexity index is 3240. The van der Waals surface area contributed by atoms with Crippen LogP contribution >= 0.6 is 0 Å². The van der Waals surface area contributed by atoms with Gasteiger partial charge in [0.15, 0.2) is 0 Å². The van der Waals surface area contributed by atoms with E-state index in [1.807, 2.05) is 49.4 Å². The number of aliphatic carboxylic acids is 1. The number of esters is 1. The fourth-order valence-electron chi connectivity index (χ4n) is 12.5. The van der Waals surface area contributed by atoms with E-state index < -0.39 is 5.97 Å². The lowest BCUT2D eigenvalue weighted by atomic mass is 9.92. The molecule has 74 heavy (non-hydrogen) atoms. The second-order valence-electron chi connectivity index (χ2n) is 20.8. The molecule has 4 atom stereocenters. The van der Waals surface area contributed by atoms with E-state index >= 15 is 0 Å². The average molecular weight is 997 g/mol. The summed E-state index contributed by atoms with van der Waals surface area (Å²) in [5, 5.41) is 9.53. The van der Waals surface area contributed by atoms with Crippen LogP contribution in [0.2, 0.25) is 0 Å². The van der Waals surface area contributed by atoms with E-state index in [1.54, 1.807) is 38.5 Å². The minimum atomic E-state index is -0.699. The maximum Gasteiger partial charge on any atom is 0.309 e. The molecule has 6 aliphatic rings. The molecule has 0 saturated heterocycles. The monoisotopic (exact) mass is 996 g/mol. The SMILES string of the molecule is CCOC(=O)[C@@H]1C[C@]12CCc1ccc(OCc3ccc(-c4cc(OC)ccc4F)c(C4=CCCC4)c3)cc12.COc1ccc(F)c(-c2ccc(COc3ccc4c(c3)[C@]3(CC4)C[C@H]3C(=O)O)cc2C2=CCCC2)c1. The van der Waals surface area contributed by atoms with E-state index in [0.717, 1.165) is 127 Å². The highest BCUT2D eigenvalue weighted by molar-refractivity contribution is 5.85. The Morgan fingerprint density at radius 2 is 1.03 bits per heavy atom. The number of ether oxygens (including phenoxy) is 5. The standard InChI is InChI=1S/C33H33FO4.C31H29FO4/c1-3-37-32(35)30-19-33(30)15-14-23-9-10-25(18-29(23)33)38-20-21-8-12-26(27(16-21)22-6-4-5-7-22)28-17-24(36-2)11-13-31(28)34;1-35-22-9-11-29(32)26(15-22)24-10-6-19(14-25(24)20-4-2-3-5-20)18-36-23-8-7-21-12-13-31(27(21)16-23)17-28(31)30(33)34/h6,8-13,16-18,30H,3-5,7,14-15,19-20H2,1-2H3;4,6-11,14-16,28H,2-3,5,12-13,17-18H2,1H3,(H,33,34)/t30-,33-;28-,31-/m00/s1. The molecule has 0 radical (unpaired) electrons. The molecule has 1 N–H and O–H groups in total. The number of benzene rings is 6. The van der Waals surface area contributed by atoms with Crippen LogP contribution in [0.15, 0.2) is 121 Å². The number of carbonyl (C=O) groups is 2. The van der Waals surface area contributed by atoms with Crippen molar-refractivity contribution in [2.24, 2.45) is 11.8 Å². The van der Waals surface area contributed by atoms with Crippen molar-refractivity contribution >= 4 is 23.1 Å². The third-order valence-corrected chi connectivity index (χ3v) is 16.6. The maximum atomic E-state index is 14.9. The van der Waals surface area contributed by atoms with Crippen LogP contribution in [-0.4, -0.2) is 37.9 Å². The van der Waals surface area contributed by atoms with Crippen LogP contribution in [0.1, 0.15) is 116 Å². The summed E-state index contributed by atoms with van der Waals surface area (Å²) in [6.07, 6.45) is 16.2. The summed E-state index contributed by atoms with van der Waals surface area (Å²) < 4.78 is 58.2. The van der Waals surface area contributed by atoms with Crippen molar-refractivity contribution in [3.63, 3.8) is 0 Å². The molecule has 0 aromatic heterocycles. The van der Waals surface area contributed by atoms with E-state index in [9.17, 15) is 23.5 Å². The second-order valence-corrected chi connectivity index (χ2v) is 20.8. The van der Waals surface area contributed by atoms with Crippen LogP contribution in [0.25, 0.3) is 33.4 Å². The van der Waals surface area contributed by atoms with Gasteiger partial charge in [0.1, 0.15) is 47.8 Å². The van der Waals surface area contributed by atoms with E-state index in [1.165, 1.54) is 40.0 Å². The van der Waals surface area contributed by atoms with Gasteiger partial charge in [0.05, 0.1) is 32.7 Å². The van der Waals surface area contributed by atoms with Crippen molar-refractivity contribution in [2.75, 3.05) is 20.8 Å². The Hall–Kier alpha value is -7.20. The number of carbonyl (C=O) groups excluding carboxylic acids is 1. The normalized spacial score (nSPS) is 21.5. The zero-order valence-electron chi connectivity index (χ0n) is 42.4. The molecule has 6 aliphatic carbocycles. The van der Waals surface area contributed by atoms with Crippen LogP contribution in [0.5, 0.6) is 23.0 Å². The lowest BCUT2D eigenvalue weighted by Gasteiger charge is -2.16.